The van der Waals surface area contributed by atoms with E-state index in [4.69, 9.17) is 23.3 Å². The molecule has 178 valence electrons. The van der Waals surface area contributed by atoms with Crippen LogP contribution in [0.5, 0.6) is 0 Å². The number of rotatable bonds is 10. The summed E-state index contributed by atoms with van der Waals surface area (Å²) < 4.78 is 39.8. The fourth-order valence-electron chi connectivity index (χ4n) is 3.71. The van der Waals surface area contributed by atoms with Crippen molar-refractivity contribution in [3.8, 4) is 0 Å². The first-order valence-electron chi connectivity index (χ1n) is 10.1. The van der Waals surface area contributed by atoms with E-state index in [0.717, 1.165) is 0 Å². The predicted octanol–water partition coefficient (Wildman–Crippen LogP) is 2.08. The summed E-state index contributed by atoms with van der Waals surface area (Å²) in [4.78, 5) is 12.4. The number of ether oxygens (including phenoxy) is 3. The maximum absolute atomic E-state index is 12.4. The molecule has 2 fully saturated rings. The van der Waals surface area contributed by atoms with Gasteiger partial charge in [0, 0.05) is 48.0 Å². The standard InChI is InChI=1S/C19H36O8P.2W/c1-11(2)23-10-18-17(8-14(6)26-18)27-28(21,22)24-9-15-16(25-12(3)4)7-13(5)19(15)20;;/h8,11-20H,7,9-10H2,1-6H3,(H,21,22);;/q-1;;/p-1/t13-,14-,15+,16?,17?,18+,19?;;/m0../s1. The van der Waals surface area contributed by atoms with Crippen molar-refractivity contribution < 1.29 is 80.0 Å². The van der Waals surface area contributed by atoms with Crippen molar-refractivity contribution in [1.82, 2.24) is 0 Å². The Labute approximate surface area is 209 Å². The minimum atomic E-state index is -4.60. The molecule has 4 unspecified atom stereocenters. The first-order chi connectivity index (χ1) is 13.0. The minimum Gasteiger partial charge on any atom is -0.756 e. The van der Waals surface area contributed by atoms with E-state index in [2.05, 4.69) is 0 Å². The molecule has 30 heavy (non-hydrogen) atoms. The van der Waals surface area contributed by atoms with Crippen molar-refractivity contribution in [3.05, 3.63) is 6.42 Å². The summed E-state index contributed by atoms with van der Waals surface area (Å²) in [6, 6.07) is 0. The zero-order valence-electron chi connectivity index (χ0n) is 18.5. The van der Waals surface area contributed by atoms with E-state index in [1.54, 1.807) is 6.42 Å². The number of hydrogen-bond acceptors (Lipinski definition) is 8. The smallest absolute Gasteiger partial charge is 0.265 e. The molecule has 0 aromatic carbocycles. The van der Waals surface area contributed by atoms with E-state index in [0.29, 0.717) is 6.42 Å². The Bertz CT molecular complexity index is 537. The summed E-state index contributed by atoms with van der Waals surface area (Å²) in [6.07, 6.45) is -0.145. The number of hydrogen-bond donors (Lipinski definition) is 1. The second kappa shape index (κ2) is 13.9. The number of aliphatic hydroxyl groups excluding tert-OH is 1. The molecule has 0 amide bonds. The van der Waals surface area contributed by atoms with Crippen molar-refractivity contribution >= 4 is 7.82 Å². The molecule has 0 bridgehead atoms. The average molecular weight is 790 g/mol. The van der Waals surface area contributed by atoms with E-state index < -0.39 is 32.1 Å². The van der Waals surface area contributed by atoms with Gasteiger partial charge in [0.15, 0.2) is 0 Å². The maximum Gasteiger partial charge on any atom is 0.265 e. The Balaban J connectivity index is 0.00000420. The van der Waals surface area contributed by atoms with Crippen LogP contribution in [-0.2, 0) is 70.0 Å². The topological polar surface area (TPSA) is 107 Å². The Morgan fingerprint density at radius 3 is 2.37 bits per heavy atom. The molecule has 1 heterocycles. The van der Waals surface area contributed by atoms with Gasteiger partial charge in [-0.05, 0) is 46.1 Å². The van der Waals surface area contributed by atoms with Gasteiger partial charge in [-0.25, -0.2) is 0 Å². The van der Waals surface area contributed by atoms with Gasteiger partial charge >= 0.3 is 0 Å². The third-order valence-electron chi connectivity index (χ3n) is 5.04. The second-order valence-electron chi connectivity index (χ2n) is 8.36. The monoisotopic (exact) mass is 790 g/mol. The Kier molecular flexibility index (Phi) is 14.5. The molecule has 0 spiro atoms. The number of phosphoric ester groups is 1. The van der Waals surface area contributed by atoms with Crippen LogP contribution in [0.1, 0.15) is 48.0 Å². The van der Waals surface area contributed by atoms with Crippen LogP contribution in [0.25, 0.3) is 0 Å². The summed E-state index contributed by atoms with van der Waals surface area (Å²) >= 11 is 0. The average Bonchev–Trinajstić information content (AvgIpc) is 3.02. The fraction of sp³-hybridized carbons (Fsp3) is 0.947. The van der Waals surface area contributed by atoms with Gasteiger partial charge in [0.05, 0.1) is 43.7 Å². The van der Waals surface area contributed by atoms with Crippen LogP contribution in [0, 0.1) is 18.3 Å². The zero-order valence-corrected chi connectivity index (χ0v) is 25.2. The second-order valence-corrected chi connectivity index (χ2v) is 9.72. The molecule has 8 nitrogen and oxygen atoms in total. The van der Waals surface area contributed by atoms with Gasteiger partial charge in [-0.1, -0.05) is 20.0 Å². The molecule has 0 radical (unpaired) electrons. The molecule has 1 aliphatic heterocycles. The molecule has 1 saturated carbocycles. The maximum atomic E-state index is 12.4. The molecule has 2 rings (SSSR count). The van der Waals surface area contributed by atoms with Gasteiger partial charge < -0.3 is 33.3 Å². The quantitative estimate of drug-likeness (QED) is 0.265. The molecular weight excluding hydrogens is 755 g/mol. The Hall–Kier alpha value is 1.33. The number of aliphatic hydroxyl groups is 1. The van der Waals surface area contributed by atoms with Crippen molar-refractivity contribution in [1.29, 1.82) is 0 Å². The van der Waals surface area contributed by atoms with Gasteiger partial charge in [-0.15, -0.1) is 0 Å². The summed E-state index contributed by atoms with van der Waals surface area (Å²) in [5.74, 6) is -0.412. The van der Waals surface area contributed by atoms with E-state index >= 15 is 0 Å². The van der Waals surface area contributed by atoms with Crippen molar-refractivity contribution in [3.63, 3.8) is 0 Å². The predicted molar refractivity (Wildman–Crippen MR) is 101 cm³/mol. The van der Waals surface area contributed by atoms with E-state index in [1.165, 1.54) is 0 Å². The summed E-state index contributed by atoms with van der Waals surface area (Å²) in [5, 5.41) is 10.4. The van der Waals surface area contributed by atoms with Crippen LogP contribution < -0.4 is 4.89 Å². The van der Waals surface area contributed by atoms with Gasteiger partial charge in [-0.3, -0.25) is 11.0 Å². The van der Waals surface area contributed by atoms with Crippen molar-refractivity contribution in [2.24, 2.45) is 11.8 Å². The van der Waals surface area contributed by atoms with Crippen LogP contribution >= 0.6 is 7.82 Å². The van der Waals surface area contributed by atoms with Gasteiger partial charge in [0.2, 0.25) is 0 Å². The van der Waals surface area contributed by atoms with Crippen LogP contribution in [-0.4, -0.2) is 61.0 Å². The summed E-state index contributed by atoms with van der Waals surface area (Å²) in [5.41, 5.74) is 0. The Morgan fingerprint density at radius 2 is 1.80 bits per heavy atom. The molecule has 0 aromatic heterocycles. The molecule has 8 atom stereocenters. The van der Waals surface area contributed by atoms with Crippen molar-refractivity contribution in [2.75, 3.05) is 13.2 Å². The molecule has 2 aliphatic rings. The van der Waals surface area contributed by atoms with Crippen LogP contribution in [0.3, 0.4) is 0 Å². The minimum absolute atomic E-state index is 0. The number of phosphoric acid groups is 1. The van der Waals surface area contributed by atoms with Crippen LogP contribution in [0.2, 0.25) is 0 Å². The zero-order chi connectivity index (χ0) is 21.1. The molecule has 0 aromatic rings. The van der Waals surface area contributed by atoms with Gasteiger partial charge in [-0.2, -0.15) is 0 Å². The van der Waals surface area contributed by atoms with E-state index in [1.807, 2.05) is 41.5 Å². The molecule has 1 N–H and O–H groups in total. The van der Waals surface area contributed by atoms with Gasteiger partial charge in [0.1, 0.15) is 0 Å². The normalized spacial score (nSPS) is 35.9. The van der Waals surface area contributed by atoms with Crippen LogP contribution in [0.15, 0.2) is 0 Å². The van der Waals surface area contributed by atoms with Crippen molar-refractivity contribution in [2.45, 2.75) is 90.7 Å². The third kappa shape index (κ3) is 9.67. The summed E-state index contributed by atoms with van der Waals surface area (Å²) in [6.45, 7) is 11.4. The largest absolute Gasteiger partial charge is 0.756 e. The van der Waals surface area contributed by atoms with Gasteiger partial charge in [0.25, 0.3) is 7.82 Å². The molecule has 1 saturated heterocycles. The molecular formula is C19H35O8PW2-2. The van der Waals surface area contributed by atoms with E-state index in [9.17, 15) is 14.6 Å². The first kappa shape index (κ1) is 31.3. The van der Waals surface area contributed by atoms with E-state index in [-0.39, 0.29) is 85.7 Å². The van der Waals surface area contributed by atoms with Crippen LogP contribution in [0.4, 0.5) is 0 Å². The third-order valence-corrected chi connectivity index (χ3v) is 6.00. The fourth-order valence-corrected chi connectivity index (χ4v) is 4.63. The first-order valence-corrected chi connectivity index (χ1v) is 11.5. The molecule has 1 aliphatic carbocycles. The SMILES string of the molecule is CC(C)OC[C@H]1O[C@@H](C)[CH-]C1OP(=O)([O-])OC[C@@H]1C(OC(C)C)C[C@H](C)C1O.[W].[W]. The Morgan fingerprint density at radius 1 is 1.17 bits per heavy atom. The molecule has 11 heteroatoms. The summed E-state index contributed by atoms with van der Waals surface area (Å²) in [7, 11) is -4.60.